The van der Waals surface area contributed by atoms with E-state index in [1.54, 1.807) is 42.5 Å². The number of Topliss-reactive ketones (excluding diaryl/α,β-unsaturated/α-hetero) is 2. The Balaban J connectivity index is 0.000000225. The van der Waals surface area contributed by atoms with Crippen LogP contribution in [0.5, 0.6) is 11.5 Å². The molecular formula is C76H68N4O14S2. The van der Waals surface area contributed by atoms with E-state index < -0.39 is 68.4 Å². The maximum Gasteiger partial charge on any atom is 0.339 e. The van der Waals surface area contributed by atoms with Crippen LogP contribution in [0.15, 0.2) is 240 Å². The standard InChI is InChI=1S/2C38H34N2O7S/c1-25-4-19-34(20-5-25)48(46,47)39(3)24-37(43)40(33-18-21-35(38(44)45)36(42)22-33)23-27-6-8-29(9-7-27)31-14-16-32(17-15-31)30-12-10-28(11-13-30)26(2)41;1-25-7-18-34(19-8-25)48(46,47)39(3)24-37(43)40(33-17-20-35(38(44)45)36(42)22-33)23-27-9-11-28(12-10-27)29-13-15-30(16-14-29)32-6-4-5-31(21-32)26(2)41/h2*4-22,42H,23-24H2,1-3H3,(H,44,45). The topological polar surface area (TPSA) is 265 Å². The number of sulfonamides is 2. The third-order valence-electron chi connectivity index (χ3n) is 16.1. The summed E-state index contributed by atoms with van der Waals surface area (Å²) in [6, 6.07) is 66.0. The second-order valence-corrected chi connectivity index (χ2v) is 27.0. The van der Waals surface area contributed by atoms with E-state index >= 15 is 0 Å². The lowest BCUT2D eigenvalue weighted by atomic mass is 9.98. The van der Waals surface area contributed by atoms with Gasteiger partial charge in [-0.2, -0.15) is 8.61 Å². The first kappa shape index (κ1) is 69.2. The number of carboxylic acid groups (broad SMARTS) is 2. The Morgan fingerprint density at radius 3 is 0.990 bits per heavy atom. The van der Waals surface area contributed by atoms with E-state index in [0.717, 1.165) is 75.4 Å². The van der Waals surface area contributed by atoms with Crippen LogP contribution in [0.3, 0.4) is 0 Å². The molecule has 0 atom stereocenters. The Hall–Kier alpha value is -11.2. The lowest BCUT2D eigenvalue weighted by molar-refractivity contribution is -0.119. The summed E-state index contributed by atoms with van der Waals surface area (Å²) in [7, 11) is -5.34. The number of amides is 2. The van der Waals surface area contributed by atoms with Gasteiger partial charge in [0.25, 0.3) is 0 Å². The monoisotopic (exact) mass is 1320 g/mol. The molecule has 0 unspecified atom stereocenters. The van der Waals surface area contributed by atoms with Gasteiger partial charge in [0.05, 0.1) is 36.0 Å². The minimum Gasteiger partial charge on any atom is -0.507 e. The Bertz CT molecular complexity index is 4780. The predicted molar refractivity (Wildman–Crippen MR) is 369 cm³/mol. The van der Waals surface area contributed by atoms with Crippen LogP contribution in [0.2, 0.25) is 0 Å². The highest BCUT2D eigenvalue weighted by Gasteiger charge is 2.29. The molecule has 96 heavy (non-hydrogen) atoms. The van der Waals surface area contributed by atoms with Crippen molar-refractivity contribution in [1.29, 1.82) is 0 Å². The van der Waals surface area contributed by atoms with E-state index in [2.05, 4.69) is 0 Å². The number of carboxylic acids is 2. The highest BCUT2D eigenvalue weighted by atomic mass is 32.2. The molecule has 0 radical (unpaired) electrons. The maximum atomic E-state index is 13.7. The smallest absolute Gasteiger partial charge is 0.339 e. The van der Waals surface area contributed by atoms with Gasteiger partial charge in [-0.25, -0.2) is 26.4 Å². The quantitative estimate of drug-likeness (QED) is 0.0460. The van der Waals surface area contributed by atoms with Gasteiger partial charge in [-0.05, 0) is 138 Å². The van der Waals surface area contributed by atoms with Crippen molar-refractivity contribution in [2.45, 2.75) is 50.6 Å². The number of aromatic carboxylic acids is 2. The van der Waals surface area contributed by atoms with Crippen molar-refractivity contribution in [2.24, 2.45) is 0 Å². The average Bonchev–Trinajstić information content (AvgIpc) is 1.68. The number of nitrogens with zero attached hydrogens (tertiary/aromatic N) is 4. The van der Waals surface area contributed by atoms with Crippen molar-refractivity contribution >= 4 is 66.7 Å². The van der Waals surface area contributed by atoms with E-state index in [9.17, 15) is 66.0 Å². The van der Waals surface area contributed by atoms with Crippen molar-refractivity contribution in [1.82, 2.24) is 8.61 Å². The summed E-state index contributed by atoms with van der Waals surface area (Å²) in [5.41, 5.74) is 12.0. The van der Waals surface area contributed by atoms with Crippen molar-refractivity contribution in [3.05, 3.63) is 275 Å². The summed E-state index contributed by atoms with van der Waals surface area (Å²) in [4.78, 5) is 76.5. The number of anilines is 2. The molecule has 0 saturated heterocycles. The summed E-state index contributed by atoms with van der Waals surface area (Å²) < 4.78 is 54.8. The Kier molecular flexibility index (Phi) is 21.5. The Morgan fingerprint density at radius 2 is 0.677 bits per heavy atom. The molecule has 0 aliphatic carbocycles. The summed E-state index contributed by atoms with van der Waals surface area (Å²) in [5, 5.41) is 39.5. The van der Waals surface area contributed by atoms with Crippen LogP contribution in [0, 0.1) is 13.8 Å². The normalized spacial score (nSPS) is 11.3. The zero-order valence-electron chi connectivity index (χ0n) is 53.2. The van der Waals surface area contributed by atoms with Gasteiger partial charge in [0.1, 0.15) is 22.6 Å². The van der Waals surface area contributed by atoms with Crippen LogP contribution in [0.25, 0.3) is 44.5 Å². The van der Waals surface area contributed by atoms with Crippen LogP contribution in [0.1, 0.15) is 77.5 Å². The van der Waals surface area contributed by atoms with Gasteiger partial charge in [-0.1, -0.05) is 175 Å². The molecule has 10 aromatic carbocycles. The summed E-state index contributed by atoms with van der Waals surface area (Å²) in [5.74, 6) is -4.83. The van der Waals surface area contributed by atoms with Crippen molar-refractivity contribution < 1.29 is 66.0 Å². The maximum absolute atomic E-state index is 13.7. The fraction of sp³-hybridized carbons (Fsp3) is 0.132. The van der Waals surface area contributed by atoms with Crippen molar-refractivity contribution in [3.8, 4) is 56.0 Å². The number of phenols is 2. The van der Waals surface area contributed by atoms with E-state index in [0.29, 0.717) is 11.1 Å². The minimum atomic E-state index is -3.98. The minimum absolute atomic E-state index is 0.00204. The van der Waals surface area contributed by atoms with E-state index in [-0.39, 0.29) is 56.9 Å². The molecule has 10 rings (SSSR count). The second kappa shape index (κ2) is 29.8. The van der Waals surface area contributed by atoms with Gasteiger partial charge in [0, 0.05) is 48.7 Å². The molecule has 4 N–H and O–H groups in total. The molecule has 0 aliphatic rings. The van der Waals surface area contributed by atoms with E-state index in [1.165, 1.54) is 98.4 Å². The molecule has 0 fully saturated rings. The number of hydrogen-bond acceptors (Lipinski definition) is 12. The molecule has 488 valence electrons. The van der Waals surface area contributed by atoms with Crippen LogP contribution >= 0.6 is 0 Å². The first-order valence-electron chi connectivity index (χ1n) is 30.1. The Labute approximate surface area is 556 Å². The Morgan fingerprint density at radius 1 is 0.365 bits per heavy atom. The van der Waals surface area contributed by atoms with E-state index in [1.807, 2.05) is 141 Å². The highest BCUT2D eigenvalue weighted by molar-refractivity contribution is 7.89. The molecule has 18 nitrogen and oxygen atoms in total. The van der Waals surface area contributed by atoms with Crippen molar-refractivity contribution in [2.75, 3.05) is 37.0 Å². The third kappa shape index (κ3) is 16.6. The zero-order chi connectivity index (χ0) is 69.2. The molecule has 10 aromatic rings. The zero-order valence-corrected chi connectivity index (χ0v) is 54.9. The summed E-state index contributed by atoms with van der Waals surface area (Å²) in [6.45, 7) is 5.80. The number of aromatic hydroxyl groups is 2. The second-order valence-electron chi connectivity index (χ2n) is 22.9. The molecule has 0 saturated carbocycles. The lowest BCUT2D eigenvalue weighted by Crippen LogP contribution is -2.41. The van der Waals surface area contributed by atoms with Gasteiger partial charge in [0.15, 0.2) is 11.6 Å². The number of benzene rings is 10. The lowest BCUT2D eigenvalue weighted by Gasteiger charge is -2.26. The fourth-order valence-corrected chi connectivity index (χ4v) is 12.6. The number of ketones is 2. The first-order chi connectivity index (χ1) is 45.7. The average molecular weight is 1330 g/mol. The number of aryl methyl sites for hydroxylation is 2. The van der Waals surface area contributed by atoms with Gasteiger partial charge in [0.2, 0.25) is 31.9 Å². The van der Waals surface area contributed by atoms with Gasteiger partial charge in [-0.15, -0.1) is 0 Å². The molecule has 20 heteroatoms. The number of hydrogen-bond donors (Lipinski definition) is 4. The fourth-order valence-electron chi connectivity index (χ4n) is 10.4. The SMILES string of the molecule is CC(=O)c1ccc(-c2ccc(-c3ccc(CN(C(=O)CN(C)S(=O)(=O)c4ccc(C)cc4)c4ccc(C(=O)O)c(O)c4)cc3)cc2)cc1.CC(=O)c1cccc(-c2ccc(-c3ccc(CN(C(=O)CN(C)S(=O)(=O)c4ccc(C)cc4)c4ccc(C(=O)O)c(O)c4)cc3)cc2)c1. The van der Waals surface area contributed by atoms with Gasteiger partial charge in [-0.3, -0.25) is 19.2 Å². The number of carbonyl (C=O) groups excluding carboxylic acids is 4. The van der Waals surface area contributed by atoms with Gasteiger partial charge < -0.3 is 30.2 Å². The van der Waals surface area contributed by atoms with Gasteiger partial charge >= 0.3 is 11.9 Å². The van der Waals surface area contributed by atoms with Crippen LogP contribution in [-0.2, 0) is 42.7 Å². The molecule has 0 spiro atoms. The number of carbonyl (C=O) groups is 6. The molecule has 0 bridgehead atoms. The van der Waals surface area contributed by atoms with Crippen LogP contribution in [-0.4, -0.2) is 108 Å². The molecule has 0 aromatic heterocycles. The molecule has 0 aliphatic heterocycles. The van der Waals surface area contributed by atoms with Crippen LogP contribution in [0.4, 0.5) is 11.4 Å². The predicted octanol–water partition coefficient (Wildman–Crippen LogP) is 13.6. The van der Waals surface area contributed by atoms with Crippen LogP contribution < -0.4 is 9.80 Å². The third-order valence-corrected chi connectivity index (χ3v) is 19.7. The number of likely N-dealkylation sites (N-methyl/N-ethyl adjacent to an activating group) is 2. The summed E-state index contributed by atoms with van der Waals surface area (Å²) in [6.07, 6.45) is 0. The molecular weight excluding hydrogens is 1260 g/mol. The van der Waals surface area contributed by atoms with Crippen molar-refractivity contribution in [3.63, 3.8) is 0 Å². The molecule has 0 heterocycles. The number of rotatable bonds is 22. The summed E-state index contributed by atoms with van der Waals surface area (Å²) >= 11 is 0. The largest absolute Gasteiger partial charge is 0.507 e. The molecule has 2 amide bonds. The van der Waals surface area contributed by atoms with E-state index in [4.69, 9.17) is 0 Å². The first-order valence-corrected chi connectivity index (χ1v) is 33.0. The highest BCUT2D eigenvalue weighted by Crippen LogP contribution is 2.33.